The number of halogens is 1. The number of amides is 1. The zero-order chi connectivity index (χ0) is 24.2. The summed E-state index contributed by atoms with van der Waals surface area (Å²) in [5, 5.41) is 2.88. The number of nitrogens with one attached hydrogen (secondary N) is 1. The Kier molecular flexibility index (Phi) is 7.38. The summed E-state index contributed by atoms with van der Waals surface area (Å²) in [5.41, 5.74) is 4.94. The van der Waals surface area contributed by atoms with Crippen LogP contribution in [0.15, 0.2) is 60.7 Å². The number of hydrogen-bond donors (Lipinski definition) is 1. The van der Waals surface area contributed by atoms with Crippen molar-refractivity contribution in [1.29, 1.82) is 0 Å². The summed E-state index contributed by atoms with van der Waals surface area (Å²) in [4.78, 5) is 12.4. The molecule has 0 aliphatic carbocycles. The van der Waals surface area contributed by atoms with Gasteiger partial charge in [0.15, 0.2) is 6.61 Å². The number of nitrogens with zero attached hydrogens (tertiary/aromatic N) is 1. The second-order valence-electron chi connectivity index (χ2n) is 8.00. The van der Waals surface area contributed by atoms with Gasteiger partial charge in [-0.3, -0.25) is 9.10 Å². The number of ether oxygens (including phenoxy) is 1. The van der Waals surface area contributed by atoms with E-state index in [2.05, 4.69) is 5.32 Å². The van der Waals surface area contributed by atoms with Crippen molar-refractivity contribution in [3.05, 3.63) is 88.7 Å². The molecule has 8 heteroatoms. The summed E-state index contributed by atoms with van der Waals surface area (Å²) in [6.45, 7) is 5.76. The van der Waals surface area contributed by atoms with Crippen molar-refractivity contribution in [3.63, 3.8) is 0 Å². The lowest BCUT2D eigenvalue weighted by atomic mass is 10.1. The standard InChI is InChI=1S/C25H27FN2O4S/c1-17-13-18(2)25(19(3)14-17)27-24(29)16-32-23-11-9-22(10-12-23)28(33(4,30)31)15-20-5-7-21(26)8-6-20/h5-14H,15-16H2,1-4H3,(H,27,29). The molecule has 0 bridgehead atoms. The molecule has 0 heterocycles. The van der Waals surface area contributed by atoms with Crippen LogP contribution in [-0.2, 0) is 21.4 Å². The topological polar surface area (TPSA) is 75.7 Å². The fourth-order valence-corrected chi connectivity index (χ4v) is 4.45. The first-order chi connectivity index (χ1) is 15.5. The minimum atomic E-state index is -3.58. The van der Waals surface area contributed by atoms with Crippen LogP contribution in [0.5, 0.6) is 5.75 Å². The van der Waals surface area contributed by atoms with E-state index < -0.39 is 10.0 Å². The maximum Gasteiger partial charge on any atom is 0.262 e. The highest BCUT2D eigenvalue weighted by Crippen LogP contribution is 2.25. The Morgan fingerprint density at radius 1 is 0.970 bits per heavy atom. The third-order valence-electron chi connectivity index (χ3n) is 5.08. The van der Waals surface area contributed by atoms with Gasteiger partial charge in [0.25, 0.3) is 5.91 Å². The van der Waals surface area contributed by atoms with E-state index in [1.807, 2.05) is 32.9 Å². The fourth-order valence-electron chi connectivity index (χ4n) is 3.57. The molecule has 1 amide bonds. The van der Waals surface area contributed by atoms with Crippen LogP contribution >= 0.6 is 0 Å². The Morgan fingerprint density at radius 2 is 1.55 bits per heavy atom. The molecule has 3 rings (SSSR count). The van der Waals surface area contributed by atoms with Crippen molar-refractivity contribution in [2.45, 2.75) is 27.3 Å². The molecular formula is C25H27FN2O4S. The van der Waals surface area contributed by atoms with E-state index in [1.54, 1.807) is 36.4 Å². The molecule has 0 unspecified atom stereocenters. The Labute approximate surface area is 194 Å². The minimum Gasteiger partial charge on any atom is -0.484 e. The first-order valence-corrected chi connectivity index (χ1v) is 12.2. The number of hydrogen-bond acceptors (Lipinski definition) is 4. The normalized spacial score (nSPS) is 11.2. The van der Waals surface area contributed by atoms with Crippen molar-refractivity contribution in [1.82, 2.24) is 0 Å². The molecule has 0 radical (unpaired) electrons. The van der Waals surface area contributed by atoms with Crippen LogP contribution in [0.3, 0.4) is 0 Å². The Morgan fingerprint density at radius 3 is 2.09 bits per heavy atom. The first-order valence-electron chi connectivity index (χ1n) is 10.4. The molecule has 0 aliphatic heterocycles. The Bertz CT molecular complexity index is 1220. The summed E-state index contributed by atoms with van der Waals surface area (Å²) < 4.78 is 44.6. The van der Waals surface area contributed by atoms with Crippen molar-refractivity contribution < 1.29 is 22.3 Å². The molecule has 0 spiro atoms. The molecule has 0 aliphatic rings. The summed E-state index contributed by atoms with van der Waals surface area (Å²) in [5.74, 6) is -0.243. The monoisotopic (exact) mass is 470 g/mol. The largest absolute Gasteiger partial charge is 0.484 e. The van der Waals surface area contributed by atoms with E-state index in [4.69, 9.17) is 4.74 Å². The highest BCUT2D eigenvalue weighted by Gasteiger charge is 2.18. The molecule has 33 heavy (non-hydrogen) atoms. The predicted molar refractivity (Wildman–Crippen MR) is 129 cm³/mol. The zero-order valence-electron chi connectivity index (χ0n) is 19.1. The van der Waals surface area contributed by atoms with Crippen LogP contribution in [0.1, 0.15) is 22.3 Å². The number of carbonyl (C=O) groups excluding carboxylic acids is 1. The molecule has 0 aromatic heterocycles. The quantitative estimate of drug-likeness (QED) is 0.516. The van der Waals surface area contributed by atoms with E-state index in [0.29, 0.717) is 17.0 Å². The molecule has 0 saturated carbocycles. The van der Waals surface area contributed by atoms with Crippen LogP contribution in [0.2, 0.25) is 0 Å². The molecule has 174 valence electrons. The predicted octanol–water partition coefficient (Wildman–Crippen LogP) is 4.73. The summed E-state index contributed by atoms with van der Waals surface area (Å²) >= 11 is 0. The van der Waals surface area contributed by atoms with Crippen LogP contribution in [-0.4, -0.2) is 27.2 Å². The molecular weight excluding hydrogens is 443 g/mol. The van der Waals surface area contributed by atoms with Crippen LogP contribution in [0.4, 0.5) is 15.8 Å². The van der Waals surface area contributed by atoms with Gasteiger partial charge in [0.05, 0.1) is 18.5 Å². The lowest BCUT2D eigenvalue weighted by Gasteiger charge is -2.23. The molecule has 6 nitrogen and oxygen atoms in total. The van der Waals surface area contributed by atoms with Crippen molar-refractivity contribution in [2.75, 3.05) is 22.5 Å². The molecule has 1 N–H and O–H groups in total. The third-order valence-corrected chi connectivity index (χ3v) is 6.22. The maximum atomic E-state index is 13.2. The highest BCUT2D eigenvalue weighted by molar-refractivity contribution is 7.92. The first kappa shape index (κ1) is 24.3. The smallest absolute Gasteiger partial charge is 0.262 e. The number of sulfonamides is 1. The number of anilines is 2. The average Bonchev–Trinajstić information content (AvgIpc) is 2.74. The minimum absolute atomic E-state index is 0.0664. The van der Waals surface area contributed by atoms with Crippen LogP contribution in [0.25, 0.3) is 0 Å². The van der Waals surface area contributed by atoms with Crippen molar-refractivity contribution in [2.24, 2.45) is 0 Å². The lowest BCUT2D eigenvalue weighted by molar-refractivity contribution is -0.118. The van der Waals surface area contributed by atoms with E-state index in [0.717, 1.165) is 28.6 Å². The van der Waals surface area contributed by atoms with Gasteiger partial charge in [0.1, 0.15) is 11.6 Å². The van der Waals surface area contributed by atoms with Crippen molar-refractivity contribution in [3.8, 4) is 5.75 Å². The molecule has 0 fully saturated rings. The van der Waals surface area contributed by atoms with Crippen LogP contribution in [0, 0.1) is 26.6 Å². The lowest BCUT2D eigenvalue weighted by Crippen LogP contribution is -2.29. The number of rotatable bonds is 8. The summed E-state index contributed by atoms with van der Waals surface area (Å²) in [7, 11) is -3.58. The van der Waals surface area contributed by atoms with E-state index in [-0.39, 0.29) is 24.9 Å². The molecule has 3 aromatic rings. The second kappa shape index (κ2) is 10.0. The SMILES string of the molecule is Cc1cc(C)c(NC(=O)COc2ccc(N(Cc3ccc(F)cc3)S(C)(=O)=O)cc2)c(C)c1. The fraction of sp³-hybridized carbons (Fsp3) is 0.240. The van der Waals surface area contributed by atoms with E-state index >= 15 is 0 Å². The maximum absolute atomic E-state index is 13.2. The molecule has 3 aromatic carbocycles. The van der Waals surface area contributed by atoms with Gasteiger partial charge in [-0.25, -0.2) is 12.8 Å². The van der Waals surface area contributed by atoms with Gasteiger partial charge in [0.2, 0.25) is 10.0 Å². The van der Waals surface area contributed by atoms with Gasteiger partial charge < -0.3 is 10.1 Å². The Balaban J connectivity index is 1.66. The molecule has 0 saturated heterocycles. The second-order valence-corrected chi connectivity index (χ2v) is 9.91. The number of aryl methyl sites for hydroxylation is 3. The van der Waals surface area contributed by atoms with E-state index in [1.165, 1.54) is 16.4 Å². The van der Waals surface area contributed by atoms with Gasteiger partial charge in [-0.1, -0.05) is 29.8 Å². The van der Waals surface area contributed by atoms with Gasteiger partial charge in [-0.05, 0) is 73.9 Å². The van der Waals surface area contributed by atoms with Crippen LogP contribution < -0.4 is 14.4 Å². The van der Waals surface area contributed by atoms with Gasteiger partial charge in [-0.2, -0.15) is 0 Å². The summed E-state index contributed by atoms with van der Waals surface area (Å²) in [6.07, 6.45) is 1.11. The summed E-state index contributed by atoms with van der Waals surface area (Å²) in [6, 6.07) is 16.1. The molecule has 0 atom stereocenters. The highest BCUT2D eigenvalue weighted by atomic mass is 32.2. The van der Waals surface area contributed by atoms with Crippen molar-refractivity contribution >= 4 is 27.3 Å². The zero-order valence-corrected chi connectivity index (χ0v) is 19.9. The Hall–Kier alpha value is -3.39. The number of benzene rings is 3. The third kappa shape index (κ3) is 6.55. The average molecular weight is 471 g/mol. The van der Waals surface area contributed by atoms with Gasteiger partial charge >= 0.3 is 0 Å². The van der Waals surface area contributed by atoms with E-state index in [9.17, 15) is 17.6 Å². The van der Waals surface area contributed by atoms with Gasteiger partial charge in [0, 0.05) is 5.69 Å². The van der Waals surface area contributed by atoms with Gasteiger partial charge in [-0.15, -0.1) is 0 Å². The number of carbonyl (C=O) groups is 1.